The number of benzene rings is 1. The van der Waals surface area contributed by atoms with Gasteiger partial charge in [0.25, 0.3) is 0 Å². The highest BCUT2D eigenvalue weighted by Gasteiger charge is 2.34. The van der Waals surface area contributed by atoms with E-state index in [4.69, 9.17) is 4.74 Å². The van der Waals surface area contributed by atoms with E-state index in [0.29, 0.717) is 16.7 Å². The fourth-order valence-corrected chi connectivity index (χ4v) is 2.99. The Morgan fingerprint density at radius 1 is 1.20 bits per heavy atom. The van der Waals surface area contributed by atoms with Gasteiger partial charge in [0.1, 0.15) is 5.75 Å². The summed E-state index contributed by atoms with van der Waals surface area (Å²) < 4.78 is 59.2. The van der Waals surface area contributed by atoms with E-state index in [2.05, 4.69) is 4.36 Å². The van der Waals surface area contributed by atoms with Crippen molar-refractivity contribution >= 4 is 15.4 Å². The van der Waals surface area contributed by atoms with Gasteiger partial charge in [-0.25, -0.2) is 4.21 Å². The summed E-state index contributed by atoms with van der Waals surface area (Å²) in [6, 6.07) is 6.36. The summed E-state index contributed by atoms with van der Waals surface area (Å²) >= 11 is 0. The summed E-state index contributed by atoms with van der Waals surface area (Å²) in [5.74, 6) is 0.578. The van der Waals surface area contributed by atoms with E-state index >= 15 is 0 Å². The van der Waals surface area contributed by atoms with Crippen LogP contribution in [0.2, 0.25) is 0 Å². The molecular formula is C13H12F3NO2S. The van der Waals surface area contributed by atoms with E-state index in [1.165, 1.54) is 13.4 Å². The molecule has 1 aliphatic heterocycles. The third-order valence-electron chi connectivity index (χ3n) is 2.63. The topological polar surface area (TPSA) is 38.7 Å². The van der Waals surface area contributed by atoms with Gasteiger partial charge >= 0.3 is 6.18 Å². The Morgan fingerprint density at radius 2 is 1.80 bits per heavy atom. The Balaban J connectivity index is 2.51. The maximum atomic E-state index is 12.8. The second kappa shape index (κ2) is 4.97. The van der Waals surface area contributed by atoms with Gasteiger partial charge < -0.3 is 4.74 Å². The van der Waals surface area contributed by atoms with Crippen LogP contribution in [-0.4, -0.2) is 23.8 Å². The van der Waals surface area contributed by atoms with Gasteiger partial charge in [0, 0.05) is 17.2 Å². The van der Waals surface area contributed by atoms with Gasteiger partial charge in [-0.3, -0.25) is 0 Å². The number of halogens is 3. The molecule has 1 aromatic carbocycles. The molecule has 0 fully saturated rings. The molecule has 1 atom stereocenters. The largest absolute Gasteiger partial charge is 0.497 e. The lowest BCUT2D eigenvalue weighted by atomic mass is 10.1. The number of nitrogens with zero attached hydrogens (tertiary/aromatic N) is 1. The van der Waals surface area contributed by atoms with Crippen LogP contribution in [0.15, 0.2) is 45.7 Å². The smallest absolute Gasteiger partial charge is 0.417 e. The summed E-state index contributed by atoms with van der Waals surface area (Å²) in [7, 11) is -1.55. The number of hydrogen-bond donors (Lipinski definition) is 0. The predicted octanol–water partition coefficient (Wildman–Crippen LogP) is 3.59. The first-order chi connectivity index (χ1) is 9.21. The van der Waals surface area contributed by atoms with E-state index in [1.54, 1.807) is 24.3 Å². The number of alkyl halides is 3. The Hall–Kier alpha value is -1.76. The molecule has 2 rings (SSSR count). The molecule has 7 heteroatoms. The van der Waals surface area contributed by atoms with Crippen molar-refractivity contribution < 1.29 is 22.1 Å². The Bertz CT molecular complexity index is 693. The molecule has 1 unspecified atom stereocenters. The highest BCUT2D eigenvalue weighted by Crippen LogP contribution is 2.34. The van der Waals surface area contributed by atoms with Crippen molar-refractivity contribution in [1.82, 2.24) is 0 Å². The molecule has 20 heavy (non-hydrogen) atoms. The summed E-state index contributed by atoms with van der Waals surface area (Å²) in [6.45, 7) is 0. The average Bonchev–Trinajstić information content (AvgIpc) is 2.36. The van der Waals surface area contributed by atoms with E-state index in [1.807, 2.05) is 0 Å². The SMILES string of the molecule is COc1ccc(C2=CC(C(F)(F)F)=CS(C)(=O)=N2)cc1. The van der Waals surface area contributed by atoms with Crippen LogP contribution in [0.4, 0.5) is 13.2 Å². The second-order valence-electron chi connectivity index (χ2n) is 4.28. The van der Waals surface area contributed by atoms with Crippen LogP contribution in [0.1, 0.15) is 5.56 Å². The number of ether oxygens (including phenoxy) is 1. The number of methoxy groups -OCH3 is 1. The first-order valence-electron chi connectivity index (χ1n) is 5.58. The maximum absolute atomic E-state index is 12.8. The van der Waals surface area contributed by atoms with E-state index < -0.39 is 21.5 Å². The van der Waals surface area contributed by atoms with Crippen LogP contribution >= 0.6 is 0 Å². The zero-order valence-corrected chi connectivity index (χ0v) is 11.6. The summed E-state index contributed by atoms with van der Waals surface area (Å²) in [4.78, 5) is 0. The quantitative estimate of drug-likeness (QED) is 0.837. The Morgan fingerprint density at radius 3 is 2.30 bits per heavy atom. The Labute approximate surface area is 114 Å². The minimum Gasteiger partial charge on any atom is -0.497 e. The molecule has 0 N–H and O–H groups in total. The van der Waals surface area contributed by atoms with Crippen LogP contribution in [0, 0.1) is 0 Å². The molecule has 108 valence electrons. The van der Waals surface area contributed by atoms with Crippen molar-refractivity contribution in [3.63, 3.8) is 0 Å². The van der Waals surface area contributed by atoms with Crippen molar-refractivity contribution in [1.29, 1.82) is 0 Å². The molecule has 0 spiro atoms. The van der Waals surface area contributed by atoms with Crippen molar-refractivity contribution in [3.05, 3.63) is 46.9 Å². The summed E-state index contributed by atoms with van der Waals surface area (Å²) in [5, 5.41) is 0.667. The van der Waals surface area contributed by atoms with Gasteiger partial charge in [0.15, 0.2) is 0 Å². The molecule has 0 saturated heterocycles. The molecule has 0 aromatic heterocycles. The molecule has 0 bridgehead atoms. The third kappa shape index (κ3) is 3.22. The molecule has 0 amide bonds. The zero-order chi connectivity index (χ0) is 15.0. The highest BCUT2D eigenvalue weighted by molar-refractivity contribution is 7.96. The van der Waals surface area contributed by atoms with E-state index in [-0.39, 0.29) is 5.70 Å². The van der Waals surface area contributed by atoms with Gasteiger partial charge in [-0.2, -0.15) is 17.5 Å². The lowest BCUT2D eigenvalue weighted by Crippen LogP contribution is -2.14. The lowest BCUT2D eigenvalue weighted by molar-refractivity contribution is -0.0880. The first kappa shape index (κ1) is 14.6. The zero-order valence-electron chi connectivity index (χ0n) is 10.8. The van der Waals surface area contributed by atoms with Gasteiger partial charge in [0.2, 0.25) is 0 Å². The lowest BCUT2D eigenvalue weighted by Gasteiger charge is -2.15. The molecule has 0 saturated carbocycles. The third-order valence-corrected chi connectivity index (χ3v) is 3.88. The van der Waals surface area contributed by atoms with Crippen molar-refractivity contribution in [2.24, 2.45) is 4.36 Å². The van der Waals surface area contributed by atoms with Crippen LogP contribution in [0.25, 0.3) is 5.70 Å². The van der Waals surface area contributed by atoms with Crippen LogP contribution in [0.5, 0.6) is 5.75 Å². The van der Waals surface area contributed by atoms with Gasteiger partial charge in [-0.1, -0.05) is 0 Å². The normalized spacial score (nSPS) is 22.6. The van der Waals surface area contributed by atoms with Crippen LogP contribution in [-0.2, 0) is 9.73 Å². The predicted molar refractivity (Wildman–Crippen MR) is 71.6 cm³/mol. The summed E-state index contributed by atoms with van der Waals surface area (Å²) in [6.07, 6.45) is -2.48. The minimum absolute atomic E-state index is 0.0509. The monoisotopic (exact) mass is 303 g/mol. The highest BCUT2D eigenvalue weighted by atomic mass is 32.2. The minimum atomic E-state index is -4.55. The molecule has 0 radical (unpaired) electrons. The number of allylic oxidation sites excluding steroid dienone is 2. The van der Waals surface area contributed by atoms with Crippen LogP contribution < -0.4 is 4.74 Å². The summed E-state index contributed by atoms with van der Waals surface area (Å²) in [5.41, 5.74) is -0.434. The second-order valence-corrected chi connectivity index (χ2v) is 6.42. The molecular weight excluding hydrogens is 291 g/mol. The Kier molecular flexibility index (Phi) is 3.64. The molecule has 1 aliphatic rings. The average molecular weight is 303 g/mol. The van der Waals surface area contributed by atoms with E-state index in [9.17, 15) is 17.4 Å². The first-order valence-corrected chi connectivity index (χ1v) is 7.57. The standard InChI is InChI=1S/C13H12F3NO2S/c1-19-11-5-3-9(4-6-11)12-7-10(13(14,15)16)8-20(2,18)17-12/h3-8H,1-2H3. The van der Waals surface area contributed by atoms with Gasteiger partial charge in [0.05, 0.1) is 28.1 Å². The van der Waals surface area contributed by atoms with Crippen molar-refractivity contribution in [2.45, 2.75) is 6.18 Å². The van der Waals surface area contributed by atoms with Gasteiger partial charge in [-0.05, 0) is 30.3 Å². The molecule has 0 aliphatic carbocycles. The van der Waals surface area contributed by atoms with E-state index in [0.717, 1.165) is 6.08 Å². The maximum Gasteiger partial charge on any atom is 0.417 e. The fraction of sp³-hybridized carbons (Fsp3) is 0.231. The van der Waals surface area contributed by atoms with Crippen LogP contribution in [0.3, 0.4) is 0 Å². The number of rotatable bonds is 2. The number of hydrogen-bond acceptors (Lipinski definition) is 3. The molecule has 3 nitrogen and oxygen atoms in total. The molecule has 1 heterocycles. The van der Waals surface area contributed by atoms with Crippen molar-refractivity contribution in [2.75, 3.05) is 13.4 Å². The van der Waals surface area contributed by atoms with Crippen molar-refractivity contribution in [3.8, 4) is 5.75 Å². The fourth-order valence-electron chi connectivity index (χ4n) is 1.71. The molecule has 1 aromatic rings. The van der Waals surface area contributed by atoms with Gasteiger partial charge in [-0.15, -0.1) is 0 Å².